The molecule has 0 aromatic heterocycles. The number of nitrogens with zero attached hydrogens (tertiary/aromatic N) is 1. The van der Waals surface area contributed by atoms with E-state index in [1.807, 2.05) is 0 Å². The molecule has 1 aliphatic carbocycles. The molecule has 1 aromatic rings. The van der Waals surface area contributed by atoms with Crippen LogP contribution in [0.3, 0.4) is 0 Å². The summed E-state index contributed by atoms with van der Waals surface area (Å²) >= 11 is 12.0. The highest BCUT2D eigenvalue weighted by atomic mass is 35.5. The van der Waals surface area contributed by atoms with Crippen LogP contribution in [0, 0.1) is 11.8 Å². The van der Waals surface area contributed by atoms with E-state index in [1.54, 1.807) is 18.2 Å². The molecule has 5 heteroatoms. The average molecular weight is 341 g/mol. The minimum absolute atomic E-state index is 0.0776. The van der Waals surface area contributed by atoms with E-state index in [0.717, 1.165) is 19.5 Å². The number of rotatable bonds is 2. The van der Waals surface area contributed by atoms with Crippen molar-refractivity contribution in [1.82, 2.24) is 10.2 Å². The molecule has 1 heterocycles. The van der Waals surface area contributed by atoms with Crippen LogP contribution in [-0.2, 0) is 0 Å². The Morgan fingerprint density at radius 1 is 1.27 bits per heavy atom. The molecule has 3 atom stereocenters. The van der Waals surface area contributed by atoms with E-state index in [9.17, 15) is 4.79 Å². The first kappa shape index (κ1) is 16.1. The molecule has 2 fully saturated rings. The van der Waals surface area contributed by atoms with Crippen LogP contribution in [0.25, 0.3) is 0 Å². The first-order valence-corrected chi connectivity index (χ1v) is 8.74. The molecule has 0 radical (unpaired) electrons. The second-order valence-electron chi connectivity index (χ2n) is 6.61. The fourth-order valence-corrected chi connectivity index (χ4v) is 4.47. The van der Waals surface area contributed by atoms with E-state index < -0.39 is 0 Å². The summed E-state index contributed by atoms with van der Waals surface area (Å²) < 4.78 is 0. The Morgan fingerprint density at radius 2 is 2.09 bits per heavy atom. The Labute approximate surface area is 142 Å². The van der Waals surface area contributed by atoms with E-state index in [2.05, 4.69) is 17.3 Å². The van der Waals surface area contributed by atoms with Crippen molar-refractivity contribution in [1.29, 1.82) is 0 Å². The highest BCUT2D eigenvalue weighted by molar-refractivity contribution is 6.36. The van der Waals surface area contributed by atoms with Crippen LogP contribution in [0.15, 0.2) is 18.2 Å². The summed E-state index contributed by atoms with van der Waals surface area (Å²) in [7, 11) is 2.19. The number of carbonyl (C=O) groups excluding carboxylic acids is 1. The number of carbonyl (C=O) groups is 1. The molecular formula is C17H22Cl2N2O. The molecule has 1 saturated heterocycles. The van der Waals surface area contributed by atoms with Gasteiger partial charge in [0.2, 0.25) is 0 Å². The number of piperidine rings is 1. The topological polar surface area (TPSA) is 32.3 Å². The fourth-order valence-electron chi connectivity index (χ4n) is 3.98. The third-order valence-electron chi connectivity index (χ3n) is 5.09. The number of amides is 1. The Balaban J connectivity index is 1.70. The van der Waals surface area contributed by atoms with Gasteiger partial charge in [0.15, 0.2) is 0 Å². The van der Waals surface area contributed by atoms with Crippen LogP contribution >= 0.6 is 23.2 Å². The van der Waals surface area contributed by atoms with Crippen molar-refractivity contribution >= 4 is 29.1 Å². The molecule has 3 rings (SSSR count). The second-order valence-corrected chi connectivity index (χ2v) is 7.45. The number of hydrogen-bond acceptors (Lipinski definition) is 2. The van der Waals surface area contributed by atoms with Gasteiger partial charge < -0.3 is 10.2 Å². The molecule has 1 N–H and O–H groups in total. The number of benzene rings is 1. The lowest BCUT2D eigenvalue weighted by atomic mass is 9.72. The van der Waals surface area contributed by atoms with Gasteiger partial charge in [0.25, 0.3) is 5.91 Å². The van der Waals surface area contributed by atoms with Crippen molar-refractivity contribution in [3.63, 3.8) is 0 Å². The van der Waals surface area contributed by atoms with E-state index in [4.69, 9.17) is 23.2 Å². The van der Waals surface area contributed by atoms with Crippen molar-refractivity contribution in [2.45, 2.75) is 31.7 Å². The molecule has 1 aliphatic heterocycles. The standard InChI is InChI=1S/C17H22Cl2N2O/c1-21-8-7-13-11(10-21)3-2-4-16(13)20-17(22)14-6-5-12(18)9-15(14)19/h5-6,9,11,13,16H,2-4,7-8,10H2,1H3,(H,20,22)/t11-,13-,16?/m1/s1. The van der Waals surface area contributed by atoms with Crippen molar-refractivity contribution in [3.8, 4) is 0 Å². The second kappa shape index (κ2) is 6.77. The molecule has 0 bridgehead atoms. The van der Waals surface area contributed by atoms with Gasteiger partial charge >= 0.3 is 0 Å². The zero-order chi connectivity index (χ0) is 15.7. The lowest BCUT2D eigenvalue weighted by Gasteiger charge is -2.44. The summed E-state index contributed by atoms with van der Waals surface area (Å²) in [6.45, 7) is 2.27. The molecule has 1 aromatic carbocycles. The molecular weight excluding hydrogens is 319 g/mol. The monoisotopic (exact) mass is 340 g/mol. The van der Waals surface area contributed by atoms with Gasteiger partial charge in [0.1, 0.15) is 0 Å². The van der Waals surface area contributed by atoms with Crippen molar-refractivity contribution in [2.24, 2.45) is 11.8 Å². The van der Waals surface area contributed by atoms with Crippen LogP contribution in [0.1, 0.15) is 36.0 Å². The SMILES string of the molecule is CN1CC[C@H]2C(NC(=O)c3ccc(Cl)cc3Cl)CCC[C@@H]2C1. The number of halogens is 2. The zero-order valence-electron chi connectivity index (χ0n) is 12.8. The maximum atomic E-state index is 12.5. The van der Waals surface area contributed by atoms with Crippen LogP contribution in [0.4, 0.5) is 0 Å². The van der Waals surface area contributed by atoms with Gasteiger partial charge in [-0.3, -0.25) is 4.79 Å². The number of hydrogen-bond donors (Lipinski definition) is 1. The lowest BCUT2D eigenvalue weighted by molar-refractivity contribution is 0.0661. The van der Waals surface area contributed by atoms with Crippen molar-refractivity contribution in [3.05, 3.63) is 33.8 Å². The molecule has 120 valence electrons. The summed E-state index contributed by atoms with van der Waals surface area (Å²) in [5, 5.41) is 4.19. The van der Waals surface area contributed by atoms with Gasteiger partial charge in [-0.05, 0) is 62.9 Å². The Morgan fingerprint density at radius 3 is 2.86 bits per heavy atom. The van der Waals surface area contributed by atoms with E-state index in [0.29, 0.717) is 27.4 Å². The molecule has 1 unspecified atom stereocenters. The molecule has 1 amide bonds. The van der Waals surface area contributed by atoms with Gasteiger partial charge in [0, 0.05) is 17.6 Å². The van der Waals surface area contributed by atoms with Gasteiger partial charge in [-0.25, -0.2) is 0 Å². The van der Waals surface area contributed by atoms with Crippen LogP contribution in [0.5, 0.6) is 0 Å². The highest BCUT2D eigenvalue weighted by Gasteiger charge is 2.37. The quantitative estimate of drug-likeness (QED) is 0.886. The molecule has 0 spiro atoms. The van der Waals surface area contributed by atoms with Gasteiger partial charge in [-0.15, -0.1) is 0 Å². The number of likely N-dealkylation sites (tertiary alicyclic amines) is 1. The molecule has 3 nitrogen and oxygen atoms in total. The minimum Gasteiger partial charge on any atom is -0.349 e. The smallest absolute Gasteiger partial charge is 0.253 e. The third-order valence-corrected chi connectivity index (χ3v) is 5.64. The maximum Gasteiger partial charge on any atom is 0.253 e. The van der Waals surface area contributed by atoms with Crippen LogP contribution in [0.2, 0.25) is 10.0 Å². The number of nitrogens with one attached hydrogen (secondary N) is 1. The first-order valence-electron chi connectivity index (χ1n) is 7.99. The third kappa shape index (κ3) is 3.42. The number of fused-ring (bicyclic) bond motifs is 1. The van der Waals surface area contributed by atoms with Crippen molar-refractivity contribution < 1.29 is 4.79 Å². The largest absolute Gasteiger partial charge is 0.349 e. The summed E-state index contributed by atoms with van der Waals surface area (Å²) in [6.07, 6.45) is 4.71. The van der Waals surface area contributed by atoms with E-state index >= 15 is 0 Å². The fraction of sp³-hybridized carbons (Fsp3) is 0.588. The van der Waals surface area contributed by atoms with E-state index in [1.165, 1.54) is 19.3 Å². The summed E-state index contributed by atoms with van der Waals surface area (Å²) in [4.78, 5) is 14.9. The zero-order valence-corrected chi connectivity index (χ0v) is 14.3. The predicted molar refractivity (Wildman–Crippen MR) is 90.7 cm³/mol. The molecule has 22 heavy (non-hydrogen) atoms. The molecule has 2 aliphatic rings. The summed E-state index contributed by atoms with van der Waals surface area (Å²) in [5.74, 6) is 1.23. The predicted octanol–water partition coefficient (Wildman–Crippen LogP) is 3.84. The van der Waals surface area contributed by atoms with Gasteiger partial charge in [-0.2, -0.15) is 0 Å². The maximum absolute atomic E-state index is 12.5. The van der Waals surface area contributed by atoms with Gasteiger partial charge in [0.05, 0.1) is 10.6 Å². The summed E-state index contributed by atoms with van der Waals surface area (Å²) in [5.41, 5.74) is 0.515. The Kier molecular flexibility index (Phi) is 4.96. The minimum atomic E-state index is -0.0776. The molecule has 1 saturated carbocycles. The lowest BCUT2D eigenvalue weighted by Crippen LogP contribution is -2.51. The normalized spacial score (nSPS) is 29.0. The van der Waals surface area contributed by atoms with E-state index in [-0.39, 0.29) is 11.9 Å². The Bertz CT molecular complexity index is 564. The van der Waals surface area contributed by atoms with Crippen LogP contribution < -0.4 is 5.32 Å². The van der Waals surface area contributed by atoms with Gasteiger partial charge in [-0.1, -0.05) is 29.6 Å². The average Bonchev–Trinajstić information content (AvgIpc) is 2.47. The highest BCUT2D eigenvalue weighted by Crippen LogP contribution is 2.36. The van der Waals surface area contributed by atoms with Crippen molar-refractivity contribution in [2.75, 3.05) is 20.1 Å². The Hall–Kier alpha value is -0.770. The van der Waals surface area contributed by atoms with Crippen LogP contribution in [-0.4, -0.2) is 37.0 Å². The summed E-state index contributed by atoms with van der Waals surface area (Å²) in [6, 6.07) is 5.31. The first-order chi connectivity index (χ1) is 10.5.